The van der Waals surface area contributed by atoms with Gasteiger partial charge in [0.25, 0.3) is 5.91 Å². The number of benzene rings is 2. The van der Waals surface area contributed by atoms with Gasteiger partial charge in [-0.15, -0.1) is 0 Å². The first-order valence-corrected chi connectivity index (χ1v) is 10.9. The van der Waals surface area contributed by atoms with Crippen LogP contribution in [0.2, 0.25) is 0 Å². The monoisotopic (exact) mass is 400 g/mol. The highest BCUT2D eigenvalue weighted by Crippen LogP contribution is 2.34. The zero-order valence-electron chi connectivity index (χ0n) is 17.4. The molecule has 2 aromatic carbocycles. The van der Waals surface area contributed by atoms with Crippen LogP contribution in [0.4, 0.5) is 0 Å². The summed E-state index contributed by atoms with van der Waals surface area (Å²) in [5, 5.41) is 3.43. The molecule has 5 nitrogen and oxygen atoms in total. The fourth-order valence-corrected chi connectivity index (χ4v) is 4.98. The number of fused-ring (bicyclic) bond motifs is 1. The molecule has 1 N–H and O–H groups in total. The van der Waals surface area contributed by atoms with Crippen molar-refractivity contribution in [3.63, 3.8) is 0 Å². The molecule has 0 radical (unpaired) electrons. The van der Waals surface area contributed by atoms with Crippen molar-refractivity contribution in [3.05, 3.63) is 71.3 Å². The van der Waals surface area contributed by atoms with Crippen molar-refractivity contribution in [3.8, 4) is 0 Å². The Bertz CT molecular complexity index is 966. The van der Waals surface area contributed by atoms with Crippen LogP contribution in [0.3, 0.4) is 0 Å². The second-order valence-electron chi connectivity index (χ2n) is 8.61. The van der Waals surface area contributed by atoms with Gasteiger partial charge in [-0.3, -0.25) is 14.8 Å². The summed E-state index contributed by atoms with van der Waals surface area (Å²) in [7, 11) is 0. The highest BCUT2D eigenvalue weighted by molar-refractivity contribution is 6.05. The molecular formula is C25H28N4O. The molecule has 0 saturated carbocycles. The average Bonchev–Trinajstić information content (AvgIpc) is 3.41. The molecule has 0 aromatic heterocycles. The second-order valence-corrected chi connectivity index (χ2v) is 8.61. The molecule has 4 atom stereocenters. The van der Waals surface area contributed by atoms with E-state index in [1.54, 1.807) is 0 Å². The standard InChI is InChI=1S/C25H28N4O/c1-17-7-9-19(10-8-17)25(30)29-14-12-20(15-18-5-3-2-4-6-18)23(29)24-27-16-22-21(28-24)11-13-26-22/h2-10,16,20,22-24,26H,11-15H2,1H3. The fourth-order valence-electron chi connectivity index (χ4n) is 4.98. The lowest BCUT2D eigenvalue weighted by atomic mass is 9.90. The third-order valence-corrected chi connectivity index (χ3v) is 6.58. The van der Waals surface area contributed by atoms with E-state index in [0.29, 0.717) is 5.92 Å². The maximum absolute atomic E-state index is 13.5. The number of amides is 1. The van der Waals surface area contributed by atoms with E-state index < -0.39 is 0 Å². The number of carbonyl (C=O) groups excluding carboxylic acids is 1. The number of nitrogens with one attached hydrogen (secondary N) is 1. The van der Waals surface area contributed by atoms with Crippen LogP contribution in [0, 0.1) is 12.8 Å². The van der Waals surface area contributed by atoms with E-state index in [9.17, 15) is 4.79 Å². The smallest absolute Gasteiger partial charge is 0.254 e. The van der Waals surface area contributed by atoms with Gasteiger partial charge in [-0.05, 0) is 49.8 Å². The highest BCUT2D eigenvalue weighted by Gasteiger charge is 2.43. The van der Waals surface area contributed by atoms with Crippen LogP contribution in [-0.4, -0.2) is 54.1 Å². The lowest BCUT2D eigenvalue weighted by Gasteiger charge is -2.33. The summed E-state index contributed by atoms with van der Waals surface area (Å²) < 4.78 is 0. The zero-order chi connectivity index (χ0) is 20.5. The van der Waals surface area contributed by atoms with Crippen LogP contribution < -0.4 is 5.32 Å². The van der Waals surface area contributed by atoms with Crippen molar-refractivity contribution < 1.29 is 4.79 Å². The maximum Gasteiger partial charge on any atom is 0.254 e. The molecule has 4 unspecified atom stereocenters. The van der Waals surface area contributed by atoms with Gasteiger partial charge >= 0.3 is 0 Å². The summed E-state index contributed by atoms with van der Waals surface area (Å²) in [6, 6.07) is 18.6. The minimum absolute atomic E-state index is 0.00990. The largest absolute Gasteiger partial charge is 0.331 e. The number of hydrogen-bond donors (Lipinski definition) is 1. The molecule has 30 heavy (non-hydrogen) atoms. The summed E-state index contributed by atoms with van der Waals surface area (Å²) in [5.74, 6) is 0.442. The van der Waals surface area contributed by atoms with E-state index in [2.05, 4.69) is 29.6 Å². The summed E-state index contributed by atoms with van der Waals surface area (Å²) >= 11 is 0. The Morgan fingerprint density at radius 1 is 1.13 bits per heavy atom. The van der Waals surface area contributed by atoms with Gasteiger partial charge in [0.1, 0.15) is 0 Å². The number of hydrogen-bond acceptors (Lipinski definition) is 4. The molecule has 2 aromatic rings. The quantitative estimate of drug-likeness (QED) is 0.856. The molecule has 154 valence electrons. The normalized spacial score (nSPS) is 27.8. The summed E-state index contributed by atoms with van der Waals surface area (Å²) in [6.07, 6.45) is 4.70. The zero-order valence-corrected chi connectivity index (χ0v) is 17.4. The summed E-state index contributed by atoms with van der Waals surface area (Å²) in [6.45, 7) is 3.75. The number of aryl methyl sites for hydroxylation is 1. The van der Waals surface area contributed by atoms with Gasteiger partial charge < -0.3 is 10.2 Å². The SMILES string of the molecule is Cc1ccc(C(=O)N2CCC(Cc3ccccc3)C2C2N=CC3NCCC3=N2)cc1. The van der Waals surface area contributed by atoms with Gasteiger partial charge in [-0.1, -0.05) is 48.0 Å². The molecule has 0 aliphatic carbocycles. The van der Waals surface area contributed by atoms with E-state index in [1.165, 1.54) is 11.3 Å². The van der Waals surface area contributed by atoms with E-state index in [4.69, 9.17) is 9.98 Å². The Labute approximate surface area is 177 Å². The van der Waals surface area contributed by atoms with E-state index in [0.717, 1.165) is 43.5 Å². The lowest BCUT2D eigenvalue weighted by molar-refractivity contribution is 0.0696. The number of carbonyl (C=O) groups is 1. The van der Waals surface area contributed by atoms with Gasteiger partial charge in [0.2, 0.25) is 0 Å². The van der Waals surface area contributed by atoms with Crippen LogP contribution in [0.5, 0.6) is 0 Å². The Kier molecular flexibility index (Phi) is 5.21. The molecule has 1 amide bonds. The first-order valence-electron chi connectivity index (χ1n) is 10.9. The molecule has 5 rings (SSSR count). The van der Waals surface area contributed by atoms with Gasteiger partial charge in [0.05, 0.1) is 12.1 Å². The third-order valence-electron chi connectivity index (χ3n) is 6.58. The van der Waals surface area contributed by atoms with Crippen LogP contribution in [-0.2, 0) is 6.42 Å². The van der Waals surface area contributed by atoms with Crippen LogP contribution in [0.15, 0.2) is 64.6 Å². The van der Waals surface area contributed by atoms with Crippen molar-refractivity contribution in [1.82, 2.24) is 10.2 Å². The molecule has 2 fully saturated rings. The van der Waals surface area contributed by atoms with E-state index >= 15 is 0 Å². The third kappa shape index (κ3) is 3.70. The number of likely N-dealkylation sites (tertiary alicyclic amines) is 1. The van der Waals surface area contributed by atoms with Crippen molar-refractivity contribution >= 4 is 17.8 Å². The predicted molar refractivity (Wildman–Crippen MR) is 120 cm³/mol. The molecule has 5 heteroatoms. The van der Waals surface area contributed by atoms with Crippen LogP contribution in [0.25, 0.3) is 0 Å². The number of rotatable bonds is 4. The molecule has 3 aliphatic rings. The van der Waals surface area contributed by atoms with Crippen molar-refractivity contribution in [2.24, 2.45) is 15.9 Å². The summed E-state index contributed by atoms with van der Waals surface area (Å²) in [5.41, 5.74) is 4.40. The Hall–Kier alpha value is -2.79. The van der Waals surface area contributed by atoms with E-state index in [1.807, 2.05) is 48.4 Å². The molecule has 0 spiro atoms. The predicted octanol–water partition coefficient (Wildman–Crippen LogP) is 3.28. The van der Waals surface area contributed by atoms with Crippen molar-refractivity contribution in [2.45, 2.75) is 44.4 Å². The number of nitrogens with zero attached hydrogens (tertiary/aromatic N) is 3. The lowest BCUT2D eigenvalue weighted by Crippen LogP contribution is -2.47. The Balaban J connectivity index is 1.45. The minimum atomic E-state index is -0.207. The number of aliphatic imine (C=N–C) groups is 2. The van der Waals surface area contributed by atoms with Crippen molar-refractivity contribution in [1.29, 1.82) is 0 Å². The molecule has 3 aliphatic heterocycles. The molecular weight excluding hydrogens is 372 g/mol. The highest BCUT2D eigenvalue weighted by atomic mass is 16.2. The Morgan fingerprint density at radius 2 is 1.93 bits per heavy atom. The van der Waals surface area contributed by atoms with Gasteiger partial charge in [0.15, 0.2) is 6.17 Å². The van der Waals surface area contributed by atoms with Gasteiger partial charge in [-0.25, -0.2) is 0 Å². The molecule has 0 bridgehead atoms. The Morgan fingerprint density at radius 3 is 2.73 bits per heavy atom. The van der Waals surface area contributed by atoms with Crippen LogP contribution >= 0.6 is 0 Å². The van der Waals surface area contributed by atoms with Crippen molar-refractivity contribution in [2.75, 3.05) is 13.1 Å². The average molecular weight is 401 g/mol. The van der Waals surface area contributed by atoms with Gasteiger partial charge in [0, 0.05) is 30.6 Å². The first-order chi connectivity index (χ1) is 14.7. The minimum Gasteiger partial charge on any atom is -0.331 e. The summed E-state index contributed by atoms with van der Waals surface area (Å²) in [4.78, 5) is 25.3. The first kappa shape index (κ1) is 19.2. The maximum atomic E-state index is 13.5. The molecule has 2 saturated heterocycles. The van der Waals surface area contributed by atoms with Crippen LogP contribution in [0.1, 0.15) is 34.3 Å². The fraction of sp³-hybridized carbons (Fsp3) is 0.400. The molecule has 3 heterocycles. The topological polar surface area (TPSA) is 57.1 Å². The second kappa shape index (κ2) is 8.15. The van der Waals surface area contributed by atoms with Gasteiger partial charge in [-0.2, -0.15) is 0 Å². The van der Waals surface area contributed by atoms with E-state index in [-0.39, 0.29) is 24.2 Å².